The van der Waals surface area contributed by atoms with E-state index in [1.807, 2.05) is 0 Å². The minimum atomic E-state index is -0.851. The third kappa shape index (κ3) is 0.806. The molecule has 5 nitrogen and oxygen atoms in total. The van der Waals surface area contributed by atoms with Crippen molar-refractivity contribution in [1.82, 2.24) is 0 Å². The smallest absolute Gasteiger partial charge is 0.190 e. The molecule has 0 radical (unpaired) electrons. The monoisotopic (exact) mass is 101 g/mol. The molecule has 5 heteroatoms. The SMILES string of the molecule is [N-]=[N+]=NC1OC1O. The van der Waals surface area contributed by atoms with E-state index in [1.54, 1.807) is 0 Å². The van der Waals surface area contributed by atoms with Crippen molar-refractivity contribution in [2.75, 3.05) is 0 Å². The van der Waals surface area contributed by atoms with Crippen LogP contribution in [0.25, 0.3) is 10.4 Å². The quantitative estimate of drug-likeness (QED) is 0.218. The van der Waals surface area contributed by atoms with Crippen LogP contribution < -0.4 is 0 Å². The summed E-state index contributed by atoms with van der Waals surface area (Å²) in [7, 11) is 0. The third-order valence-corrected chi connectivity index (χ3v) is 0.612. The predicted molar refractivity (Wildman–Crippen MR) is 20.0 cm³/mol. The second-order valence-electron chi connectivity index (χ2n) is 1.12. The summed E-state index contributed by atoms with van der Waals surface area (Å²) in [5.41, 5.74) is 7.66. The van der Waals surface area contributed by atoms with Gasteiger partial charge in [-0.2, -0.15) is 0 Å². The standard InChI is InChI=1S/C2H3N3O2/c3-5-4-1-2(6)7-1/h1-2,6H. The van der Waals surface area contributed by atoms with Crippen molar-refractivity contribution in [2.24, 2.45) is 5.11 Å². The van der Waals surface area contributed by atoms with Gasteiger partial charge in [0.25, 0.3) is 0 Å². The maximum atomic E-state index is 8.27. The molecule has 0 amide bonds. The molecule has 1 fully saturated rings. The first kappa shape index (κ1) is 4.39. The van der Waals surface area contributed by atoms with Gasteiger partial charge in [0.2, 0.25) is 0 Å². The molecule has 0 saturated carbocycles. The fraction of sp³-hybridized carbons (Fsp3) is 1.00. The Morgan fingerprint density at radius 3 is 2.57 bits per heavy atom. The van der Waals surface area contributed by atoms with Crippen molar-refractivity contribution < 1.29 is 9.84 Å². The summed E-state index contributed by atoms with van der Waals surface area (Å²) in [5, 5.41) is 11.3. The van der Waals surface area contributed by atoms with E-state index in [2.05, 4.69) is 14.8 Å². The van der Waals surface area contributed by atoms with Gasteiger partial charge in [-0.25, -0.2) is 0 Å². The van der Waals surface area contributed by atoms with Crippen molar-refractivity contribution in [3.8, 4) is 0 Å². The molecule has 2 atom stereocenters. The van der Waals surface area contributed by atoms with E-state index in [-0.39, 0.29) is 0 Å². The summed E-state index contributed by atoms with van der Waals surface area (Å²) in [4.78, 5) is 2.39. The Morgan fingerprint density at radius 1 is 1.86 bits per heavy atom. The molecule has 1 aliphatic heterocycles. The molecule has 38 valence electrons. The first-order valence-corrected chi connectivity index (χ1v) is 1.72. The minimum Gasteiger partial charge on any atom is -0.366 e. The lowest BCUT2D eigenvalue weighted by molar-refractivity contribution is 0.156. The van der Waals surface area contributed by atoms with E-state index in [0.29, 0.717) is 0 Å². The molecule has 1 N–H and O–H groups in total. The van der Waals surface area contributed by atoms with Gasteiger partial charge < -0.3 is 9.84 Å². The summed E-state index contributed by atoms with van der Waals surface area (Å²) in [5.74, 6) is 0. The van der Waals surface area contributed by atoms with Gasteiger partial charge in [-0.3, -0.25) is 0 Å². The van der Waals surface area contributed by atoms with Crippen LogP contribution in [0.15, 0.2) is 5.11 Å². The number of hydrogen-bond acceptors (Lipinski definition) is 3. The number of epoxide rings is 1. The van der Waals surface area contributed by atoms with E-state index in [1.165, 1.54) is 0 Å². The van der Waals surface area contributed by atoms with Gasteiger partial charge in [-0.1, -0.05) is 5.11 Å². The molecular weight excluding hydrogens is 98.0 g/mol. The van der Waals surface area contributed by atoms with Crippen LogP contribution in [0.5, 0.6) is 0 Å². The van der Waals surface area contributed by atoms with E-state index in [0.717, 1.165) is 0 Å². The molecular formula is C2H3N3O2. The molecule has 2 unspecified atom stereocenters. The van der Waals surface area contributed by atoms with E-state index < -0.39 is 12.5 Å². The maximum Gasteiger partial charge on any atom is 0.190 e. The van der Waals surface area contributed by atoms with Crippen LogP contribution in [0.1, 0.15) is 0 Å². The van der Waals surface area contributed by atoms with E-state index >= 15 is 0 Å². The van der Waals surface area contributed by atoms with Crippen molar-refractivity contribution in [2.45, 2.75) is 12.5 Å². The lowest BCUT2D eigenvalue weighted by Gasteiger charge is -1.63. The minimum absolute atomic E-state index is 0.620. The van der Waals surface area contributed by atoms with Crippen LogP contribution in [0.3, 0.4) is 0 Å². The lowest BCUT2D eigenvalue weighted by Crippen LogP contribution is -1.82. The molecule has 0 aliphatic carbocycles. The van der Waals surface area contributed by atoms with Crippen LogP contribution in [0.4, 0.5) is 0 Å². The fourth-order valence-electron chi connectivity index (χ4n) is 0.233. The highest BCUT2D eigenvalue weighted by atomic mass is 16.7. The molecule has 0 spiro atoms. The van der Waals surface area contributed by atoms with Gasteiger partial charge in [0.1, 0.15) is 0 Å². The molecule has 0 aromatic heterocycles. The van der Waals surface area contributed by atoms with E-state index in [9.17, 15) is 0 Å². The Hall–Kier alpha value is -0.770. The van der Waals surface area contributed by atoms with Gasteiger partial charge in [0, 0.05) is 4.91 Å². The molecule has 1 aliphatic rings. The number of nitrogens with zero attached hydrogens (tertiary/aromatic N) is 3. The average molecular weight is 101 g/mol. The van der Waals surface area contributed by atoms with Crippen LogP contribution in [-0.2, 0) is 4.74 Å². The van der Waals surface area contributed by atoms with Crippen molar-refractivity contribution in [1.29, 1.82) is 0 Å². The second-order valence-corrected chi connectivity index (χ2v) is 1.12. The average Bonchev–Trinajstić information content (AvgIpc) is 2.22. The second kappa shape index (κ2) is 1.38. The molecule has 0 bridgehead atoms. The maximum absolute atomic E-state index is 8.27. The Kier molecular flexibility index (Phi) is 0.867. The normalized spacial score (nSPS) is 36.7. The molecule has 0 aromatic carbocycles. The Morgan fingerprint density at radius 2 is 2.43 bits per heavy atom. The summed E-state index contributed by atoms with van der Waals surface area (Å²) >= 11 is 0. The van der Waals surface area contributed by atoms with Crippen LogP contribution in [0, 0.1) is 0 Å². The van der Waals surface area contributed by atoms with Gasteiger partial charge in [-0.05, 0) is 5.53 Å². The highest BCUT2D eigenvalue weighted by Gasteiger charge is 2.35. The Balaban J connectivity index is 2.34. The molecule has 1 heterocycles. The fourth-order valence-corrected chi connectivity index (χ4v) is 0.233. The largest absolute Gasteiger partial charge is 0.366 e. The lowest BCUT2D eigenvalue weighted by atomic mass is 10.8. The summed E-state index contributed by atoms with van der Waals surface area (Å²) in [6.45, 7) is 0. The first-order chi connectivity index (χ1) is 3.34. The number of rotatable bonds is 1. The highest BCUT2D eigenvalue weighted by Crippen LogP contribution is 2.19. The molecule has 1 rings (SSSR count). The third-order valence-electron chi connectivity index (χ3n) is 0.612. The van der Waals surface area contributed by atoms with Gasteiger partial charge in [0.15, 0.2) is 12.5 Å². The number of aliphatic hydroxyl groups is 1. The summed E-state index contributed by atoms with van der Waals surface area (Å²) < 4.78 is 4.29. The zero-order chi connectivity index (χ0) is 5.28. The van der Waals surface area contributed by atoms with Crippen molar-refractivity contribution in [3.05, 3.63) is 10.4 Å². The number of azide groups is 1. The van der Waals surface area contributed by atoms with Crippen molar-refractivity contribution >= 4 is 0 Å². The highest BCUT2D eigenvalue weighted by molar-refractivity contribution is 4.71. The number of hydrogen-bond donors (Lipinski definition) is 1. The molecule has 1 saturated heterocycles. The van der Waals surface area contributed by atoms with Gasteiger partial charge in [-0.15, -0.1) is 0 Å². The predicted octanol–water partition coefficient (Wildman–Crippen LogP) is -0.0286. The number of aliphatic hydroxyl groups excluding tert-OH is 1. The van der Waals surface area contributed by atoms with E-state index in [4.69, 9.17) is 10.6 Å². The summed E-state index contributed by atoms with van der Waals surface area (Å²) in [6.07, 6.45) is -1.47. The first-order valence-electron chi connectivity index (χ1n) is 1.72. The zero-order valence-electron chi connectivity index (χ0n) is 3.35. The Labute approximate surface area is 39.1 Å². The Bertz CT molecular complexity index is 118. The summed E-state index contributed by atoms with van der Waals surface area (Å²) in [6, 6.07) is 0. The number of ether oxygens (including phenoxy) is 1. The molecule has 7 heavy (non-hydrogen) atoms. The van der Waals surface area contributed by atoms with Crippen LogP contribution >= 0.6 is 0 Å². The molecule has 0 aromatic rings. The van der Waals surface area contributed by atoms with Crippen molar-refractivity contribution in [3.63, 3.8) is 0 Å². The topological polar surface area (TPSA) is 81.5 Å². The van der Waals surface area contributed by atoms with Gasteiger partial charge >= 0.3 is 0 Å². The van der Waals surface area contributed by atoms with Gasteiger partial charge in [0.05, 0.1) is 0 Å². The van der Waals surface area contributed by atoms with Crippen LogP contribution in [-0.4, -0.2) is 17.6 Å². The zero-order valence-corrected chi connectivity index (χ0v) is 3.35. The van der Waals surface area contributed by atoms with Crippen LogP contribution in [0.2, 0.25) is 0 Å².